The van der Waals surface area contributed by atoms with Gasteiger partial charge in [-0.15, -0.1) is 11.3 Å². The van der Waals surface area contributed by atoms with Crippen molar-refractivity contribution in [1.29, 1.82) is 0 Å². The van der Waals surface area contributed by atoms with E-state index in [1.165, 1.54) is 12.1 Å². The van der Waals surface area contributed by atoms with Crippen molar-refractivity contribution in [2.75, 3.05) is 13.1 Å². The van der Waals surface area contributed by atoms with Gasteiger partial charge in [0.1, 0.15) is 0 Å². The highest BCUT2D eigenvalue weighted by atomic mass is 32.1. The van der Waals surface area contributed by atoms with Crippen LogP contribution in [0.5, 0.6) is 0 Å². The van der Waals surface area contributed by atoms with Crippen LogP contribution in [0.3, 0.4) is 0 Å². The number of carbonyl (C=O) groups excluding carboxylic acids is 1. The molecule has 2 aromatic heterocycles. The topological polar surface area (TPSA) is 57.3 Å². The lowest BCUT2D eigenvalue weighted by Crippen LogP contribution is -2.68. The normalized spacial score (nSPS) is 21.0. The van der Waals surface area contributed by atoms with Crippen molar-refractivity contribution < 1.29 is 26.7 Å². The molecule has 0 radical (unpaired) electrons. The number of hydrogen-bond donors (Lipinski definition) is 2. The number of halogens is 5. The Morgan fingerprint density at radius 2 is 1.89 bits per heavy atom. The number of alkyl halides is 4. The number of rotatable bonds is 8. The maximum Gasteiger partial charge on any atom is 0.442 e. The third-order valence-corrected chi connectivity index (χ3v) is 8.00. The van der Waals surface area contributed by atoms with Gasteiger partial charge in [0.25, 0.3) is 5.79 Å². The first-order chi connectivity index (χ1) is 16.6. The molecule has 1 saturated heterocycles. The fourth-order valence-electron chi connectivity index (χ4n) is 4.83. The summed E-state index contributed by atoms with van der Waals surface area (Å²) in [4.78, 5) is 19.0. The van der Waals surface area contributed by atoms with Crippen molar-refractivity contribution in [3.8, 4) is 0 Å². The average molecular weight is 533 g/mol. The highest BCUT2D eigenvalue weighted by molar-refractivity contribution is 7.10. The Balaban J connectivity index is 2.01. The number of nitrogens with one attached hydrogen (secondary N) is 2. The summed E-state index contributed by atoms with van der Waals surface area (Å²) < 4.78 is 73.6. The Bertz CT molecular complexity index is 1060. The number of amides is 2. The number of carbonyl (C=O) groups is 1. The molecule has 200 valence electrons. The quantitative estimate of drug-likeness (QED) is 0.320. The van der Waals surface area contributed by atoms with Crippen molar-refractivity contribution in [2.45, 2.75) is 77.4 Å². The molecule has 1 fully saturated rings. The first kappa shape index (κ1) is 28.3. The smallest absolute Gasteiger partial charge is 0.336 e. The van der Waals surface area contributed by atoms with E-state index < -0.39 is 40.1 Å². The zero-order valence-electron chi connectivity index (χ0n) is 21.1. The highest BCUT2D eigenvalue weighted by Crippen LogP contribution is 2.54. The van der Waals surface area contributed by atoms with Crippen LogP contribution in [-0.2, 0) is 12.0 Å². The molecule has 11 heteroatoms. The average Bonchev–Trinajstić information content (AvgIpc) is 3.38. The summed E-state index contributed by atoms with van der Waals surface area (Å²) in [5.41, 5.74) is -1.17. The summed E-state index contributed by atoms with van der Waals surface area (Å²) in [7, 11) is 0. The van der Waals surface area contributed by atoms with E-state index in [9.17, 15) is 22.4 Å². The number of likely N-dealkylation sites (tertiary alicyclic amines) is 1. The van der Waals surface area contributed by atoms with E-state index in [0.29, 0.717) is 4.88 Å². The fourth-order valence-corrected chi connectivity index (χ4v) is 5.55. The Morgan fingerprint density at radius 1 is 1.19 bits per heavy atom. The van der Waals surface area contributed by atoms with Gasteiger partial charge >= 0.3 is 12.2 Å². The monoisotopic (exact) mass is 532 g/mol. The van der Waals surface area contributed by atoms with Gasteiger partial charge in [-0.2, -0.15) is 17.6 Å². The molecule has 0 spiro atoms. The number of thiophene rings is 1. The van der Waals surface area contributed by atoms with Gasteiger partial charge in [0.2, 0.25) is 0 Å². The summed E-state index contributed by atoms with van der Waals surface area (Å²) >= 11 is 0.823. The van der Waals surface area contributed by atoms with Gasteiger partial charge in [-0.05, 0) is 84.2 Å². The van der Waals surface area contributed by atoms with Crippen LogP contribution in [0.25, 0.3) is 0 Å². The van der Waals surface area contributed by atoms with Gasteiger partial charge < -0.3 is 5.32 Å². The van der Waals surface area contributed by atoms with Crippen molar-refractivity contribution in [3.05, 3.63) is 51.7 Å². The molecule has 5 nitrogen and oxygen atoms in total. The molecule has 3 rings (SSSR count). The zero-order chi connectivity index (χ0) is 26.9. The third kappa shape index (κ3) is 5.66. The summed E-state index contributed by atoms with van der Waals surface area (Å²) in [6, 6.07) is 4.69. The molecule has 0 aromatic carbocycles. The summed E-state index contributed by atoms with van der Waals surface area (Å²) in [5, 5.41) is 3.50. The minimum atomic E-state index is -5.38. The number of hydrogen-bond acceptors (Lipinski definition) is 4. The van der Waals surface area contributed by atoms with E-state index in [2.05, 4.69) is 10.3 Å². The van der Waals surface area contributed by atoms with E-state index in [0.717, 1.165) is 22.6 Å². The van der Waals surface area contributed by atoms with E-state index in [1.54, 1.807) is 30.3 Å². The molecule has 2 amide bonds. The summed E-state index contributed by atoms with van der Waals surface area (Å²) in [5.74, 6) is -4.01. The van der Waals surface area contributed by atoms with Gasteiger partial charge in [-0.25, -0.2) is 9.18 Å². The molecule has 2 unspecified atom stereocenters. The minimum Gasteiger partial charge on any atom is -0.336 e. The molecule has 2 aromatic rings. The van der Waals surface area contributed by atoms with Crippen LogP contribution in [-0.4, -0.2) is 47.0 Å². The first-order valence-electron chi connectivity index (χ1n) is 11.9. The van der Waals surface area contributed by atoms with Crippen LogP contribution in [0, 0.1) is 17.5 Å². The van der Waals surface area contributed by atoms with Crippen molar-refractivity contribution in [3.63, 3.8) is 0 Å². The van der Waals surface area contributed by atoms with E-state index >= 15 is 4.39 Å². The lowest BCUT2D eigenvalue weighted by Gasteiger charge is -2.45. The molecular formula is C25H33F5N4OS. The molecule has 0 bridgehead atoms. The molecule has 0 aliphatic carbocycles. The lowest BCUT2D eigenvalue weighted by molar-refractivity contribution is -0.279. The maximum absolute atomic E-state index is 16.5. The standard InChI is InChI=1S/C25H33F5N4OS/c1-16(2)32-21(35)33-24(27,25(28,29)30)23(11-10-19-8-9-20(26)36-19)12-13-34(15-23)22(4,5)18-7-6-17(3)31-14-18/h6-9,14,16H,10-13,15H2,1-5H3,(H2,32,33,35). The van der Waals surface area contributed by atoms with Crippen molar-refractivity contribution in [1.82, 2.24) is 20.5 Å². The number of pyridine rings is 1. The molecule has 2 atom stereocenters. The van der Waals surface area contributed by atoms with Gasteiger partial charge in [-0.1, -0.05) is 6.07 Å². The van der Waals surface area contributed by atoms with Gasteiger partial charge in [0.05, 0.1) is 0 Å². The van der Waals surface area contributed by atoms with Gasteiger partial charge in [0, 0.05) is 40.3 Å². The van der Waals surface area contributed by atoms with Gasteiger partial charge in [-0.3, -0.25) is 15.2 Å². The van der Waals surface area contributed by atoms with E-state index in [1.807, 2.05) is 32.9 Å². The number of aryl methyl sites for hydroxylation is 2. The summed E-state index contributed by atoms with van der Waals surface area (Å²) in [6.07, 6.45) is -4.05. The largest absolute Gasteiger partial charge is 0.442 e. The molecule has 1 aliphatic heterocycles. The minimum absolute atomic E-state index is 0.0458. The molecule has 36 heavy (non-hydrogen) atoms. The van der Waals surface area contributed by atoms with E-state index in [4.69, 9.17) is 0 Å². The van der Waals surface area contributed by atoms with Gasteiger partial charge in [0.15, 0.2) is 5.13 Å². The second kappa shape index (κ2) is 10.2. The summed E-state index contributed by atoms with van der Waals surface area (Å²) in [6.45, 7) is 8.61. The second-order valence-corrected chi connectivity index (χ2v) is 11.4. The molecule has 1 aliphatic rings. The van der Waals surface area contributed by atoms with Crippen LogP contribution in [0.4, 0.5) is 26.7 Å². The second-order valence-electron chi connectivity index (χ2n) is 10.3. The van der Waals surface area contributed by atoms with Crippen LogP contribution < -0.4 is 10.6 Å². The highest BCUT2D eigenvalue weighted by Gasteiger charge is 2.70. The van der Waals surface area contributed by atoms with Crippen LogP contribution in [0.15, 0.2) is 30.5 Å². The van der Waals surface area contributed by atoms with Crippen LogP contribution in [0.2, 0.25) is 0 Å². The Hall–Kier alpha value is -2.27. The first-order valence-corrected chi connectivity index (χ1v) is 12.7. The predicted octanol–water partition coefficient (Wildman–Crippen LogP) is 6.09. The van der Waals surface area contributed by atoms with Crippen molar-refractivity contribution >= 4 is 17.4 Å². The van der Waals surface area contributed by atoms with Crippen LogP contribution >= 0.6 is 11.3 Å². The number of aromatic nitrogens is 1. The maximum atomic E-state index is 16.5. The lowest BCUT2D eigenvalue weighted by atomic mass is 9.72. The molecular weight excluding hydrogens is 499 g/mol. The fraction of sp³-hybridized carbons (Fsp3) is 0.600. The van der Waals surface area contributed by atoms with Crippen molar-refractivity contribution in [2.24, 2.45) is 5.41 Å². The van der Waals surface area contributed by atoms with E-state index in [-0.39, 0.29) is 32.4 Å². The molecule has 2 N–H and O–H groups in total. The predicted molar refractivity (Wildman–Crippen MR) is 130 cm³/mol. The number of urea groups is 1. The number of nitrogens with zero attached hydrogens (tertiary/aromatic N) is 2. The third-order valence-electron chi connectivity index (χ3n) is 7.07. The Morgan fingerprint density at radius 3 is 2.42 bits per heavy atom. The Kier molecular flexibility index (Phi) is 8.05. The molecule has 3 heterocycles. The SMILES string of the molecule is Cc1ccc(C(C)(C)N2CCC(CCc3ccc(F)s3)(C(F)(NC(=O)NC(C)C)C(F)(F)F)C2)cn1. The zero-order valence-corrected chi connectivity index (χ0v) is 21.9. The van der Waals surface area contributed by atoms with Crippen LogP contribution in [0.1, 0.15) is 56.7 Å². The molecule has 0 saturated carbocycles. The Labute approximate surface area is 212 Å².